The molecule has 96 valence electrons. The summed E-state index contributed by atoms with van der Waals surface area (Å²) in [6.07, 6.45) is 1.16. The summed E-state index contributed by atoms with van der Waals surface area (Å²) in [7, 11) is 1.75. The number of nitrogens with two attached hydrogens (primary N) is 1. The molecule has 1 aromatic carbocycles. The number of hydrogen-bond donors (Lipinski definition) is 1. The molecule has 0 spiro atoms. The van der Waals surface area contributed by atoms with Gasteiger partial charge in [0.2, 0.25) is 0 Å². The second-order valence-corrected chi connectivity index (χ2v) is 4.52. The van der Waals surface area contributed by atoms with E-state index in [1.165, 1.54) is 5.56 Å². The summed E-state index contributed by atoms with van der Waals surface area (Å²) < 4.78 is 5.23. The third kappa shape index (κ3) is 4.75. The number of methoxy groups -OCH3 is 1. The normalized spacial score (nSPS) is 12.9. The molecule has 1 rings (SSSR count). The lowest BCUT2D eigenvalue weighted by Gasteiger charge is -2.28. The van der Waals surface area contributed by atoms with E-state index in [1.54, 1.807) is 7.11 Å². The highest BCUT2D eigenvalue weighted by Gasteiger charge is 2.12. The first-order valence-electron chi connectivity index (χ1n) is 6.24. The van der Waals surface area contributed by atoms with E-state index in [1.807, 2.05) is 12.1 Å². The zero-order chi connectivity index (χ0) is 12.7. The molecule has 0 radical (unpaired) electrons. The van der Waals surface area contributed by atoms with Crippen LogP contribution in [-0.4, -0.2) is 31.2 Å². The van der Waals surface area contributed by atoms with E-state index < -0.39 is 0 Å². The maximum Gasteiger partial charge on any atom is 0.0615 e. The van der Waals surface area contributed by atoms with Crippen molar-refractivity contribution in [3.05, 3.63) is 29.8 Å². The molecular weight excluding hydrogens is 212 g/mol. The highest BCUT2D eigenvalue weighted by molar-refractivity contribution is 5.39. The molecule has 17 heavy (non-hydrogen) atoms. The standard InChI is InChI=1S/C14H24N2O/c1-4-9-16(12(2)11-17-3)10-13-5-7-14(15)8-6-13/h5-8,12H,4,9-11,15H2,1-3H3. The van der Waals surface area contributed by atoms with Crippen LogP contribution in [0.4, 0.5) is 5.69 Å². The molecule has 0 aliphatic carbocycles. The van der Waals surface area contributed by atoms with Crippen LogP contribution < -0.4 is 5.73 Å². The zero-order valence-electron chi connectivity index (χ0n) is 11.1. The van der Waals surface area contributed by atoms with Crippen LogP contribution in [0.1, 0.15) is 25.8 Å². The summed E-state index contributed by atoms with van der Waals surface area (Å²) in [5.74, 6) is 0. The molecule has 0 aliphatic heterocycles. The van der Waals surface area contributed by atoms with Gasteiger partial charge in [-0.2, -0.15) is 0 Å². The first-order valence-corrected chi connectivity index (χ1v) is 6.24. The minimum Gasteiger partial charge on any atom is -0.399 e. The minimum absolute atomic E-state index is 0.442. The number of hydrogen-bond acceptors (Lipinski definition) is 3. The fourth-order valence-corrected chi connectivity index (χ4v) is 1.95. The van der Waals surface area contributed by atoms with Crippen molar-refractivity contribution in [2.75, 3.05) is 26.0 Å². The van der Waals surface area contributed by atoms with Gasteiger partial charge in [-0.25, -0.2) is 0 Å². The smallest absolute Gasteiger partial charge is 0.0615 e. The van der Waals surface area contributed by atoms with Gasteiger partial charge in [-0.1, -0.05) is 19.1 Å². The van der Waals surface area contributed by atoms with Crippen molar-refractivity contribution in [1.82, 2.24) is 4.90 Å². The van der Waals surface area contributed by atoms with Crippen molar-refractivity contribution in [3.63, 3.8) is 0 Å². The van der Waals surface area contributed by atoms with Gasteiger partial charge in [0.05, 0.1) is 6.61 Å². The van der Waals surface area contributed by atoms with Gasteiger partial charge in [0.1, 0.15) is 0 Å². The highest BCUT2D eigenvalue weighted by atomic mass is 16.5. The molecule has 2 N–H and O–H groups in total. The Morgan fingerprint density at radius 1 is 1.29 bits per heavy atom. The van der Waals surface area contributed by atoms with Gasteiger partial charge in [-0.05, 0) is 37.6 Å². The van der Waals surface area contributed by atoms with Crippen molar-refractivity contribution in [3.8, 4) is 0 Å². The third-order valence-corrected chi connectivity index (χ3v) is 2.91. The Kier molecular flexibility index (Phi) is 6.01. The lowest BCUT2D eigenvalue weighted by molar-refractivity contribution is 0.0944. The van der Waals surface area contributed by atoms with Crippen LogP contribution >= 0.6 is 0 Å². The van der Waals surface area contributed by atoms with E-state index in [4.69, 9.17) is 10.5 Å². The molecule has 1 aromatic rings. The van der Waals surface area contributed by atoms with Crippen LogP contribution in [0.15, 0.2) is 24.3 Å². The number of nitrogen functional groups attached to an aromatic ring is 1. The first kappa shape index (κ1) is 14.0. The molecule has 1 atom stereocenters. The molecule has 0 fully saturated rings. The molecule has 0 saturated heterocycles. The quantitative estimate of drug-likeness (QED) is 0.739. The second-order valence-electron chi connectivity index (χ2n) is 4.52. The highest BCUT2D eigenvalue weighted by Crippen LogP contribution is 2.11. The van der Waals surface area contributed by atoms with E-state index in [0.29, 0.717) is 6.04 Å². The van der Waals surface area contributed by atoms with Crippen LogP contribution in [0.5, 0.6) is 0 Å². The molecule has 0 saturated carbocycles. The summed E-state index contributed by atoms with van der Waals surface area (Å²) in [6, 6.07) is 8.55. The first-order chi connectivity index (χ1) is 8.17. The average Bonchev–Trinajstić information content (AvgIpc) is 2.31. The van der Waals surface area contributed by atoms with Crippen molar-refractivity contribution in [2.45, 2.75) is 32.9 Å². The lowest BCUT2D eigenvalue weighted by atomic mass is 10.1. The van der Waals surface area contributed by atoms with Crippen LogP contribution in [0.2, 0.25) is 0 Å². The SMILES string of the molecule is CCCN(Cc1ccc(N)cc1)C(C)COC. The summed E-state index contributed by atoms with van der Waals surface area (Å²) in [5, 5.41) is 0. The number of rotatable bonds is 7. The maximum absolute atomic E-state index is 5.69. The monoisotopic (exact) mass is 236 g/mol. The van der Waals surface area contributed by atoms with E-state index >= 15 is 0 Å². The van der Waals surface area contributed by atoms with Gasteiger partial charge in [0.25, 0.3) is 0 Å². The van der Waals surface area contributed by atoms with E-state index in [9.17, 15) is 0 Å². The number of benzene rings is 1. The van der Waals surface area contributed by atoms with Gasteiger partial charge < -0.3 is 10.5 Å². The number of anilines is 1. The summed E-state index contributed by atoms with van der Waals surface area (Å²) in [5.41, 5.74) is 7.81. The Bertz CT molecular complexity index is 311. The molecule has 0 amide bonds. The van der Waals surface area contributed by atoms with Gasteiger partial charge in [-0.3, -0.25) is 4.90 Å². The van der Waals surface area contributed by atoms with E-state index in [2.05, 4.69) is 30.9 Å². The second kappa shape index (κ2) is 7.30. The summed E-state index contributed by atoms with van der Waals surface area (Å²) in [4.78, 5) is 2.44. The Balaban J connectivity index is 2.62. The Morgan fingerprint density at radius 3 is 2.47 bits per heavy atom. The van der Waals surface area contributed by atoms with Crippen molar-refractivity contribution in [2.24, 2.45) is 0 Å². The van der Waals surface area contributed by atoms with E-state index in [-0.39, 0.29) is 0 Å². The fraction of sp³-hybridized carbons (Fsp3) is 0.571. The summed E-state index contributed by atoms with van der Waals surface area (Å²) >= 11 is 0. The Morgan fingerprint density at radius 2 is 1.94 bits per heavy atom. The largest absolute Gasteiger partial charge is 0.399 e. The topological polar surface area (TPSA) is 38.5 Å². The Labute approximate surface area is 105 Å². The van der Waals surface area contributed by atoms with E-state index in [0.717, 1.165) is 31.8 Å². The molecular formula is C14H24N2O. The van der Waals surface area contributed by atoms with Crippen molar-refractivity contribution >= 4 is 5.69 Å². The molecule has 0 heterocycles. The van der Waals surface area contributed by atoms with Crippen molar-refractivity contribution in [1.29, 1.82) is 0 Å². The van der Waals surface area contributed by atoms with Crippen LogP contribution in [0, 0.1) is 0 Å². The minimum atomic E-state index is 0.442. The van der Waals surface area contributed by atoms with Crippen LogP contribution in [0.3, 0.4) is 0 Å². The van der Waals surface area contributed by atoms with Crippen LogP contribution in [0.25, 0.3) is 0 Å². The summed E-state index contributed by atoms with van der Waals surface area (Å²) in [6.45, 7) is 7.23. The Hall–Kier alpha value is -1.06. The van der Waals surface area contributed by atoms with Gasteiger partial charge >= 0.3 is 0 Å². The van der Waals surface area contributed by atoms with Gasteiger partial charge in [-0.15, -0.1) is 0 Å². The van der Waals surface area contributed by atoms with Crippen molar-refractivity contribution < 1.29 is 4.74 Å². The zero-order valence-corrected chi connectivity index (χ0v) is 11.1. The van der Waals surface area contributed by atoms with Gasteiger partial charge in [0.15, 0.2) is 0 Å². The molecule has 3 heteroatoms. The number of nitrogens with zero attached hydrogens (tertiary/aromatic N) is 1. The maximum atomic E-state index is 5.69. The van der Waals surface area contributed by atoms with Gasteiger partial charge in [0, 0.05) is 25.4 Å². The molecule has 0 bridgehead atoms. The average molecular weight is 236 g/mol. The molecule has 0 aromatic heterocycles. The number of ether oxygens (including phenoxy) is 1. The third-order valence-electron chi connectivity index (χ3n) is 2.91. The van der Waals surface area contributed by atoms with Crippen LogP contribution in [-0.2, 0) is 11.3 Å². The molecule has 0 aliphatic rings. The lowest BCUT2D eigenvalue weighted by Crippen LogP contribution is -2.36. The molecule has 3 nitrogen and oxygen atoms in total. The molecule has 1 unspecified atom stereocenters. The fourth-order valence-electron chi connectivity index (χ4n) is 1.95. The predicted molar refractivity (Wildman–Crippen MR) is 72.9 cm³/mol. The predicted octanol–water partition coefficient (Wildman–Crippen LogP) is 2.52.